The lowest BCUT2D eigenvalue weighted by Gasteiger charge is -2.03. The third kappa shape index (κ3) is 3.69. The van der Waals surface area contributed by atoms with Gasteiger partial charge in [0.25, 0.3) is 5.91 Å². The molecule has 4 nitrogen and oxygen atoms in total. The number of anilines is 1. The van der Waals surface area contributed by atoms with Crippen LogP contribution in [-0.4, -0.2) is 10.9 Å². The standard InChI is InChI=1S/C22H11Cl2IN2O2S/c23-12-3-7-15-18(9-12)30-20(19(15)24)21(28)26-14-6-8-17-16(10-14)27-22(29-17)11-1-4-13(25)5-2-11/h1-10H,(H,26,28). The summed E-state index contributed by atoms with van der Waals surface area (Å²) in [5.74, 6) is 0.257. The van der Waals surface area contributed by atoms with Crippen molar-refractivity contribution in [2.45, 2.75) is 0 Å². The van der Waals surface area contributed by atoms with Gasteiger partial charge in [0.15, 0.2) is 5.58 Å². The predicted molar refractivity (Wildman–Crippen MR) is 132 cm³/mol. The van der Waals surface area contributed by atoms with Gasteiger partial charge in [-0.1, -0.05) is 29.3 Å². The van der Waals surface area contributed by atoms with E-state index in [4.69, 9.17) is 27.6 Å². The molecular formula is C22H11Cl2IN2O2S. The third-order valence-corrected chi connectivity index (χ3v) is 7.14. The summed E-state index contributed by atoms with van der Waals surface area (Å²) in [6, 6.07) is 18.7. The minimum atomic E-state index is -0.280. The Morgan fingerprint density at radius 2 is 1.83 bits per heavy atom. The maximum absolute atomic E-state index is 12.8. The highest BCUT2D eigenvalue weighted by atomic mass is 127. The fourth-order valence-electron chi connectivity index (χ4n) is 3.09. The second-order valence-electron chi connectivity index (χ2n) is 6.55. The molecule has 0 fully saturated rings. The van der Waals surface area contributed by atoms with E-state index in [0.717, 1.165) is 19.2 Å². The highest BCUT2D eigenvalue weighted by molar-refractivity contribution is 14.1. The first kappa shape index (κ1) is 19.8. The van der Waals surface area contributed by atoms with E-state index < -0.39 is 0 Å². The topological polar surface area (TPSA) is 55.1 Å². The monoisotopic (exact) mass is 564 g/mol. The lowest BCUT2D eigenvalue weighted by atomic mass is 10.2. The molecule has 3 aromatic carbocycles. The van der Waals surface area contributed by atoms with Crippen molar-refractivity contribution >= 4 is 89.9 Å². The summed E-state index contributed by atoms with van der Waals surface area (Å²) in [5.41, 5.74) is 2.82. The SMILES string of the molecule is O=C(Nc1ccc2oc(-c3ccc(I)cc3)nc2c1)c1sc2cc(Cl)ccc2c1Cl. The Hall–Kier alpha value is -2.13. The van der Waals surface area contributed by atoms with Crippen LogP contribution >= 0.6 is 57.1 Å². The Labute approximate surface area is 199 Å². The number of amides is 1. The van der Waals surface area contributed by atoms with E-state index in [1.54, 1.807) is 30.3 Å². The minimum absolute atomic E-state index is 0.280. The molecule has 0 aliphatic heterocycles. The Morgan fingerprint density at radius 1 is 1.03 bits per heavy atom. The maximum atomic E-state index is 12.8. The van der Waals surface area contributed by atoms with Gasteiger partial charge >= 0.3 is 0 Å². The van der Waals surface area contributed by atoms with Crippen LogP contribution in [0, 0.1) is 3.57 Å². The van der Waals surface area contributed by atoms with Crippen molar-refractivity contribution in [3.05, 3.63) is 79.2 Å². The summed E-state index contributed by atoms with van der Waals surface area (Å²) < 4.78 is 7.86. The third-order valence-electron chi connectivity index (χ3n) is 4.53. The molecule has 0 atom stereocenters. The number of fused-ring (bicyclic) bond motifs is 2. The molecule has 5 aromatic rings. The van der Waals surface area contributed by atoms with Crippen molar-refractivity contribution in [2.24, 2.45) is 0 Å². The van der Waals surface area contributed by atoms with Crippen LogP contribution in [0.5, 0.6) is 0 Å². The van der Waals surface area contributed by atoms with E-state index in [1.165, 1.54) is 11.3 Å². The van der Waals surface area contributed by atoms with Crippen molar-refractivity contribution < 1.29 is 9.21 Å². The van der Waals surface area contributed by atoms with E-state index >= 15 is 0 Å². The number of benzene rings is 3. The number of nitrogens with zero attached hydrogens (tertiary/aromatic N) is 1. The van der Waals surface area contributed by atoms with Crippen LogP contribution in [0.2, 0.25) is 10.0 Å². The number of oxazole rings is 1. The fourth-order valence-corrected chi connectivity index (χ4v) is 5.14. The Bertz CT molecular complexity index is 1430. The quantitative estimate of drug-likeness (QED) is 0.227. The number of carbonyl (C=O) groups excluding carboxylic acids is 1. The first-order chi connectivity index (χ1) is 14.5. The summed E-state index contributed by atoms with van der Waals surface area (Å²) in [7, 11) is 0. The summed E-state index contributed by atoms with van der Waals surface area (Å²) >= 11 is 16.0. The molecule has 30 heavy (non-hydrogen) atoms. The van der Waals surface area contributed by atoms with Gasteiger partial charge in [0.2, 0.25) is 5.89 Å². The molecule has 5 rings (SSSR count). The van der Waals surface area contributed by atoms with Crippen molar-refractivity contribution in [2.75, 3.05) is 5.32 Å². The molecule has 0 saturated heterocycles. The van der Waals surface area contributed by atoms with Gasteiger partial charge in [0, 0.05) is 29.9 Å². The normalized spacial score (nSPS) is 11.3. The number of halogens is 3. The summed E-state index contributed by atoms with van der Waals surface area (Å²) in [5, 5.41) is 4.73. The Morgan fingerprint density at radius 3 is 2.63 bits per heavy atom. The summed E-state index contributed by atoms with van der Waals surface area (Å²) in [6.07, 6.45) is 0. The maximum Gasteiger partial charge on any atom is 0.267 e. The van der Waals surface area contributed by atoms with Gasteiger partial charge in [0.1, 0.15) is 10.4 Å². The summed E-state index contributed by atoms with van der Waals surface area (Å²) in [4.78, 5) is 17.8. The molecule has 8 heteroatoms. The van der Waals surface area contributed by atoms with Gasteiger partial charge in [-0.3, -0.25) is 4.79 Å². The van der Waals surface area contributed by atoms with E-state index in [2.05, 4.69) is 32.9 Å². The average Bonchev–Trinajstić information content (AvgIpc) is 3.29. The van der Waals surface area contributed by atoms with Crippen LogP contribution in [0.4, 0.5) is 5.69 Å². The largest absolute Gasteiger partial charge is 0.436 e. The first-order valence-electron chi connectivity index (χ1n) is 8.83. The molecule has 148 valence electrons. The number of hydrogen-bond donors (Lipinski definition) is 1. The second-order valence-corrected chi connectivity index (χ2v) is 9.66. The molecule has 0 saturated carbocycles. The van der Waals surface area contributed by atoms with Crippen LogP contribution in [-0.2, 0) is 0 Å². The minimum Gasteiger partial charge on any atom is -0.436 e. The molecule has 0 spiro atoms. The highest BCUT2D eigenvalue weighted by Crippen LogP contribution is 2.37. The molecule has 0 radical (unpaired) electrons. The van der Waals surface area contributed by atoms with Crippen LogP contribution in [0.1, 0.15) is 9.67 Å². The molecule has 0 aliphatic carbocycles. The van der Waals surface area contributed by atoms with Gasteiger partial charge < -0.3 is 9.73 Å². The van der Waals surface area contributed by atoms with Gasteiger partial charge in [0.05, 0.1) is 5.02 Å². The van der Waals surface area contributed by atoms with Crippen LogP contribution in [0.3, 0.4) is 0 Å². The molecule has 2 aromatic heterocycles. The number of aromatic nitrogens is 1. The van der Waals surface area contributed by atoms with E-state index in [0.29, 0.717) is 37.6 Å². The number of nitrogens with one attached hydrogen (secondary N) is 1. The Kier molecular flexibility index (Phi) is 5.18. The molecule has 0 unspecified atom stereocenters. The van der Waals surface area contributed by atoms with Gasteiger partial charge in [-0.25, -0.2) is 4.98 Å². The van der Waals surface area contributed by atoms with Crippen LogP contribution in [0.25, 0.3) is 32.6 Å². The molecule has 0 aliphatic rings. The molecular weight excluding hydrogens is 554 g/mol. The number of thiophene rings is 1. The molecule has 1 N–H and O–H groups in total. The fraction of sp³-hybridized carbons (Fsp3) is 0. The van der Waals surface area contributed by atoms with Gasteiger partial charge in [-0.2, -0.15) is 0 Å². The molecule has 1 amide bonds. The van der Waals surface area contributed by atoms with E-state index in [1.807, 2.05) is 30.3 Å². The number of hydrogen-bond acceptors (Lipinski definition) is 4. The zero-order valence-electron chi connectivity index (χ0n) is 15.1. The Balaban J connectivity index is 1.44. The zero-order valence-corrected chi connectivity index (χ0v) is 19.6. The van der Waals surface area contributed by atoms with Gasteiger partial charge in [-0.05, 0) is 77.2 Å². The van der Waals surface area contributed by atoms with E-state index in [-0.39, 0.29) is 5.91 Å². The lowest BCUT2D eigenvalue weighted by molar-refractivity contribution is 0.103. The molecule has 0 bridgehead atoms. The summed E-state index contributed by atoms with van der Waals surface area (Å²) in [6.45, 7) is 0. The number of rotatable bonds is 3. The van der Waals surface area contributed by atoms with Gasteiger partial charge in [-0.15, -0.1) is 11.3 Å². The zero-order chi connectivity index (χ0) is 20.8. The first-order valence-corrected chi connectivity index (χ1v) is 11.5. The number of carbonyl (C=O) groups is 1. The van der Waals surface area contributed by atoms with E-state index in [9.17, 15) is 4.79 Å². The van der Waals surface area contributed by atoms with Crippen molar-refractivity contribution in [3.8, 4) is 11.5 Å². The van der Waals surface area contributed by atoms with Crippen molar-refractivity contribution in [1.82, 2.24) is 4.98 Å². The van der Waals surface area contributed by atoms with Crippen molar-refractivity contribution in [1.29, 1.82) is 0 Å². The predicted octanol–water partition coefficient (Wildman–Crippen LogP) is 7.87. The highest BCUT2D eigenvalue weighted by Gasteiger charge is 2.18. The lowest BCUT2D eigenvalue weighted by Crippen LogP contribution is -2.10. The second kappa shape index (κ2) is 7.85. The van der Waals surface area contributed by atoms with Crippen molar-refractivity contribution in [3.63, 3.8) is 0 Å². The van der Waals surface area contributed by atoms with Crippen LogP contribution < -0.4 is 5.32 Å². The van der Waals surface area contributed by atoms with Crippen LogP contribution in [0.15, 0.2) is 65.1 Å². The average molecular weight is 565 g/mol. The molecule has 2 heterocycles. The smallest absolute Gasteiger partial charge is 0.267 e.